The molecule has 1 aromatic rings. The van der Waals surface area contributed by atoms with Gasteiger partial charge in [0.05, 0.1) is 34.8 Å². The molecular weight excluding hydrogens is 166 g/mol. The Hall–Kier alpha value is -1.69. The zero-order chi connectivity index (χ0) is 14.7. The van der Waals surface area contributed by atoms with E-state index in [0.717, 1.165) is 0 Å². The van der Waals surface area contributed by atoms with E-state index in [0.29, 0.717) is 5.56 Å². The second kappa shape index (κ2) is 4.36. The first-order chi connectivity index (χ1) is 8.61. The van der Waals surface area contributed by atoms with E-state index in [4.69, 9.17) is 13.5 Å². The average Bonchev–Trinajstić information content (AvgIpc) is 2.18. The Bertz CT molecular complexity index is 488. The van der Waals surface area contributed by atoms with Gasteiger partial charge in [-0.3, -0.25) is 0 Å². The summed E-state index contributed by atoms with van der Waals surface area (Å²) in [5.74, 6) is -0.443. The molecule has 0 heterocycles. The SMILES string of the molecule is [2H]C([2H])([2H])Oc1ccc(CC#N)cc1OC([2H])([2H])[2H]. The maximum atomic E-state index is 8.58. The number of ether oxygens (including phenoxy) is 2. The molecule has 3 heteroatoms. The summed E-state index contributed by atoms with van der Waals surface area (Å²) in [5.41, 5.74) is 0.500. The van der Waals surface area contributed by atoms with Gasteiger partial charge in [0.1, 0.15) is 0 Å². The fraction of sp³-hybridized carbons (Fsp3) is 0.300. The summed E-state index contributed by atoms with van der Waals surface area (Å²) in [4.78, 5) is 0. The van der Waals surface area contributed by atoms with Crippen LogP contribution in [0.2, 0.25) is 0 Å². The number of methoxy groups -OCH3 is 2. The van der Waals surface area contributed by atoms with Gasteiger partial charge in [-0.1, -0.05) is 6.07 Å². The lowest BCUT2D eigenvalue weighted by molar-refractivity contribution is 0.354. The third-order valence-electron chi connectivity index (χ3n) is 1.51. The zero-order valence-corrected chi connectivity index (χ0v) is 6.70. The molecule has 0 aliphatic carbocycles. The monoisotopic (exact) mass is 183 g/mol. The number of nitriles is 1. The van der Waals surface area contributed by atoms with Gasteiger partial charge in [-0.25, -0.2) is 0 Å². The third-order valence-corrected chi connectivity index (χ3v) is 1.51. The van der Waals surface area contributed by atoms with Crippen LogP contribution in [0.3, 0.4) is 0 Å². The van der Waals surface area contributed by atoms with Gasteiger partial charge in [0.25, 0.3) is 0 Å². The molecule has 13 heavy (non-hydrogen) atoms. The minimum Gasteiger partial charge on any atom is -0.493 e. The van der Waals surface area contributed by atoms with Gasteiger partial charge in [0.2, 0.25) is 0 Å². The fourth-order valence-corrected chi connectivity index (χ4v) is 0.918. The van der Waals surface area contributed by atoms with Crippen molar-refractivity contribution in [2.75, 3.05) is 14.1 Å². The van der Waals surface area contributed by atoms with Crippen molar-refractivity contribution >= 4 is 0 Å². The van der Waals surface area contributed by atoms with Crippen molar-refractivity contribution in [2.24, 2.45) is 0 Å². The van der Waals surface area contributed by atoms with Gasteiger partial charge in [0, 0.05) is 0 Å². The van der Waals surface area contributed by atoms with E-state index >= 15 is 0 Å². The van der Waals surface area contributed by atoms with E-state index in [1.165, 1.54) is 18.2 Å². The maximum absolute atomic E-state index is 8.58. The highest BCUT2D eigenvalue weighted by Gasteiger charge is 2.03. The summed E-state index contributed by atoms with van der Waals surface area (Å²) in [6.07, 6.45) is 0.0470. The molecule has 0 bridgehead atoms. The van der Waals surface area contributed by atoms with Crippen LogP contribution in [-0.4, -0.2) is 14.1 Å². The minimum atomic E-state index is -2.74. The molecule has 0 aromatic heterocycles. The number of hydrogen-bond donors (Lipinski definition) is 0. The molecule has 3 nitrogen and oxygen atoms in total. The van der Waals surface area contributed by atoms with Crippen LogP contribution in [0.1, 0.15) is 13.8 Å². The van der Waals surface area contributed by atoms with Crippen LogP contribution in [0.25, 0.3) is 0 Å². The molecule has 0 saturated carbocycles. The summed E-state index contributed by atoms with van der Waals surface area (Å²) in [7, 11) is -5.46. The molecule has 0 unspecified atom stereocenters. The Kier molecular flexibility index (Phi) is 1.35. The van der Waals surface area contributed by atoms with E-state index < -0.39 is 14.1 Å². The van der Waals surface area contributed by atoms with Crippen LogP contribution in [0, 0.1) is 11.3 Å². The molecular formula is C10H11NO2. The largest absolute Gasteiger partial charge is 0.493 e. The van der Waals surface area contributed by atoms with Crippen LogP contribution in [0.5, 0.6) is 11.5 Å². The highest BCUT2D eigenvalue weighted by molar-refractivity contribution is 5.43. The molecule has 0 saturated heterocycles. The molecule has 1 rings (SSSR count). The van der Waals surface area contributed by atoms with E-state index in [1.54, 1.807) is 0 Å². The van der Waals surface area contributed by atoms with Gasteiger partial charge in [0.15, 0.2) is 11.5 Å². The maximum Gasteiger partial charge on any atom is 0.161 e. The molecule has 0 aliphatic rings. The van der Waals surface area contributed by atoms with Crippen molar-refractivity contribution in [3.8, 4) is 17.6 Å². The van der Waals surface area contributed by atoms with Crippen LogP contribution in [0.15, 0.2) is 18.2 Å². The van der Waals surface area contributed by atoms with Crippen LogP contribution in [0.4, 0.5) is 0 Å². The van der Waals surface area contributed by atoms with Crippen molar-refractivity contribution in [3.05, 3.63) is 23.8 Å². The Morgan fingerprint density at radius 3 is 2.85 bits per heavy atom. The van der Waals surface area contributed by atoms with Crippen LogP contribution in [-0.2, 0) is 6.42 Å². The standard InChI is InChI=1S/C10H11NO2/c1-12-9-4-3-8(5-6-11)7-10(9)13-2/h3-4,7H,5H2,1-2H3/i1D3,2D3. The van der Waals surface area contributed by atoms with Gasteiger partial charge in [-0.15, -0.1) is 0 Å². The molecule has 1 aromatic carbocycles. The summed E-state index contributed by atoms with van der Waals surface area (Å²) < 4.78 is 51.4. The first-order valence-corrected chi connectivity index (χ1v) is 3.49. The van der Waals surface area contributed by atoms with Gasteiger partial charge in [-0.05, 0) is 17.7 Å². The second-order valence-corrected chi connectivity index (χ2v) is 2.32. The summed E-state index contributed by atoms with van der Waals surface area (Å²) in [6, 6.07) is 5.90. The molecule has 68 valence electrons. The Morgan fingerprint density at radius 1 is 1.38 bits per heavy atom. The lowest BCUT2D eigenvalue weighted by Gasteiger charge is -2.07. The van der Waals surface area contributed by atoms with Crippen molar-refractivity contribution < 1.29 is 17.7 Å². The lowest BCUT2D eigenvalue weighted by Crippen LogP contribution is -1.91. The van der Waals surface area contributed by atoms with E-state index in [1.807, 2.05) is 6.07 Å². The fourth-order valence-electron chi connectivity index (χ4n) is 0.918. The van der Waals surface area contributed by atoms with Gasteiger partial charge < -0.3 is 9.47 Å². The molecule has 0 amide bonds. The summed E-state index contributed by atoms with van der Waals surface area (Å²) in [6.45, 7) is 0. The van der Waals surface area contributed by atoms with Gasteiger partial charge in [-0.2, -0.15) is 5.26 Å². The Labute approximate surface area is 85.9 Å². The summed E-state index contributed by atoms with van der Waals surface area (Å²) in [5, 5.41) is 8.58. The predicted octanol–water partition coefficient (Wildman–Crippen LogP) is 1.77. The highest BCUT2D eigenvalue weighted by atomic mass is 16.5. The lowest BCUT2D eigenvalue weighted by atomic mass is 10.1. The number of hydrogen-bond acceptors (Lipinski definition) is 3. The third kappa shape index (κ3) is 2.12. The number of nitrogens with zero attached hydrogens (tertiary/aromatic N) is 1. The number of benzene rings is 1. The quantitative estimate of drug-likeness (QED) is 0.717. The zero-order valence-electron chi connectivity index (χ0n) is 12.7. The number of rotatable bonds is 3. The van der Waals surface area contributed by atoms with Crippen LogP contribution < -0.4 is 9.47 Å². The molecule has 0 fully saturated rings. The van der Waals surface area contributed by atoms with Crippen molar-refractivity contribution in [1.29, 1.82) is 5.26 Å². The highest BCUT2D eigenvalue weighted by Crippen LogP contribution is 2.27. The van der Waals surface area contributed by atoms with E-state index in [2.05, 4.69) is 9.47 Å². The normalized spacial score (nSPS) is 17.8. The van der Waals surface area contributed by atoms with E-state index in [9.17, 15) is 0 Å². The molecule has 0 atom stereocenters. The summed E-state index contributed by atoms with van der Waals surface area (Å²) >= 11 is 0. The Morgan fingerprint density at radius 2 is 2.15 bits per heavy atom. The van der Waals surface area contributed by atoms with Gasteiger partial charge >= 0.3 is 0 Å². The van der Waals surface area contributed by atoms with Crippen LogP contribution >= 0.6 is 0 Å². The molecule has 0 aliphatic heterocycles. The topological polar surface area (TPSA) is 42.2 Å². The predicted molar refractivity (Wildman–Crippen MR) is 48.9 cm³/mol. The van der Waals surface area contributed by atoms with E-state index in [-0.39, 0.29) is 17.9 Å². The average molecular weight is 183 g/mol. The molecule has 0 N–H and O–H groups in total. The van der Waals surface area contributed by atoms with Crippen molar-refractivity contribution in [2.45, 2.75) is 6.42 Å². The smallest absolute Gasteiger partial charge is 0.161 e. The molecule has 0 spiro atoms. The minimum absolute atomic E-state index is 0.0470. The first kappa shape index (κ1) is 4.01. The van der Waals surface area contributed by atoms with Crippen molar-refractivity contribution in [1.82, 2.24) is 0 Å². The Balaban J connectivity index is 3.12. The first-order valence-electron chi connectivity index (χ1n) is 6.49. The molecule has 0 radical (unpaired) electrons. The second-order valence-electron chi connectivity index (χ2n) is 2.32. The van der Waals surface area contributed by atoms with Crippen molar-refractivity contribution in [3.63, 3.8) is 0 Å².